The number of benzene rings is 1. The molecule has 0 aliphatic rings. The standard InChI is InChI=1S/C11H10BrClF2O3/c1-17-10(16)4-6-2-8(13)7(5-12)3-9(6)18-11(14)15/h2-3,11H,4-5H2,1H3. The van der Waals surface area contributed by atoms with Crippen molar-refractivity contribution in [1.29, 1.82) is 0 Å². The molecule has 0 bridgehead atoms. The fraction of sp³-hybridized carbons (Fsp3) is 0.364. The molecule has 0 aromatic heterocycles. The summed E-state index contributed by atoms with van der Waals surface area (Å²) in [5, 5.41) is 0.761. The molecule has 18 heavy (non-hydrogen) atoms. The van der Waals surface area contributed by atoms with Crippen LogP contribution in [0.2, 0.25) is 5.02 Å². The molecule has 0 spiro atoms. The van der Waals surface area contributed by atoms with Gasteiger partial charge in [0.15, 0.2) is 0 Å². The van der Waals surface area contributed by atoms with Crippen molar-refractivity contribution in [3.05, 3.63) is 28.3 Å². The third-order valence-corrected chi connectivity index (χ3v) is 3.11. The van der Waals surface area contributed by atoms with Crippen molar-refractivity contribution < 1.29 is 23.0 Å². The first-order valence-electron chi connectivity index (χ1n) is 4.86. The lowest BCUT2D eigenvalue weighted by molar-refractivity contribution is -0.139. The Morgan fingerprint density at radius 3 is 2.61 bits per heavy atom. The number of carbonyl (C=O) groups is 1. The van der Waals surface area contributed by atoms with E-state index in [4.69, 9.17) is 11.6 Å². The van der Waals surface area contributed by atoms with Crippen LogP contribution < -0.4 is 4.74 Å². The zero-order chi connectivity index (χ0) is 13.7. The van der Waals surface area contributed by atoms with Crippen molar-refractivity contribution in [2.24, 2.45) is 0 Å². The number of alkyl halides is 3. The Morgan fingerprint density at radius 2 is 2.11 bits per heavy atom. The predicted octanol–water partition coefficient (Wildman–Crippen LogP) is 3.55. The van der Waals surface area contributed by atoms with E-state index in [0.29, 0.717) is 15.9 Å². The number of hydrogen-bond donors (Lipinski definition) is 0. The summed E-state index contributed by atoms with van der Waals surface area (Å²) < 4.78 is 33.4. The van der Waals surface area contributed by atoms with E-state index in [1.165, 1.54) is 19.2 Å². The van der Waals surface area contributed by atoms with Crippen LogP contribution in [0.5, 0.6) is 5.75 Å². The summed E-state index contributed by atoms with van der Waals surface area (Å²) in [4.78, 5) is 11.2. The second-order valence-electron chi connectivity index (χ2n) is 3.32. The molecule has 1 aromatic rings. The van der Waals surface area contributed by atoms with Gasteiger partial charge in [-0.3, -0.25) is 4.79 Å². The van der Waals surface area contributed by atoms with E-state index >= 15 is 0 Å². The van der Waals surface area contributed by atoms with Crippen LogP contribution in [0.1, 0.15) is 11.1 Å². The average Bonchev–Trinajstić information content (AvgIpc) is 2.31. The highest BCUT2D eigenvalue weighted by molar-refractivity contribution is 9.08. The molecule has 0 saturated carbocycles. The van der Waals surface area contributed by atoms with E-state index in [9.17, 15) is 13.6 Å². The smallest absolute Gasteiger partial charge is 0.387 e. The molecule has 3 nitrogen and oxygen atoms in total. The maximum atomic E-state index is 12.3. The molecule has 0 radical (unpaired) electrons. The fourth-order valence-corrected chi connectivity index (χ4v) is 2.19. The van der Waals surface area contributed by atoms with E-state index in [1.54, 1.807) is 0 Å². The Bertz CT molecular complexity index is 441. The fourth-order valence-electron chi connectivity index (χ4n) is 1.31. The minimum Gasteiger partial charge on any atom is -0.469 e. The van der Waals surface area contributed by atoms with Gasteiger partial charge in [-0.1, -0.05) is 27.5 Å². The number of esters is 1. The van der Waals surface area contributed by atoms with Gasteiger partial charge in [-0.15, -0.1) is 0 Å². The van der Waals surface area contributed by atoms with Gasteiger partial charge >= 0.3 is 12.6 Å². The van der Waals surface area contributed by atoms with Gasteiger partial charge < -0.3 is 9.47 Å². The first-order valence-corrected chi connectivity index (χ1v) is 6.36. The summed E-state index contributed by atoms with van der Waals surface area (Å²) in [6.45, 7) is -2.97. The van der Waals surface area contributed by atoms with E-state index in [2.05, 4.69) is 25.4 Å². The maximum Gasteiger partial charge on any atom is 0.387 e. The van der Waals surface area contributed by atoms with Crippen molar-refractivity contribution in [3.63, 3.8) is 0 Å². The van der Waals surface area contributed by atoms with Crippen molar-refractivity contribution in [3.8, 4) is 5.75 Å². The molecule has 0 atom stereocenters. The van der Waals surface area contributed by atoms with Crippen LogP contribution in [-0.4, -0.2) is 19.7 Å². The Kier molecular flexibility index (Phi) is 5.81. The summed E-state index contributed by atoms with van der Waals surface area (Å²) in [6, 6.07) is 2.80. The maximum absolute atomic E-state index is 12.3. The minimum atomic E-state index is -2.97. The van der Waals surface area contributed by atoms with Crippen LogP contribution in [0.25, 0.3) is 0 Å². The Morgan fingerprint density at radius 1 is 1.44 bits per heavy atom. The Hall–Kier alpha value is -0.880. The third kappa shape index (κ3) is 4.10. The average molecular weight is 344 g/mol. The quantitative estimate of drug-likeness (QED) is 0.606. The summed E-state index contributed by atoms with van der Waals surface area (Å²) in [5.41, 5.74) is 0.859. The first-order chi connectivity index (χ1) is 8.47. The highest BCUT2D eigenvalue weighted by Crippen LogP contribution is 2.30. The molecule has 0 amide bonds. The molecular formula is C11H10BrClF2O3. The van der Waals surface area contributed by atoms with Gasteiger partial charge in [-0.25, -0.2) is 0 Å². The summed E-state index contributed by atoms with van der Waals surface area (Å²) in [6.07, 6.45) is -0.180. The number of halogens is 4. The van der Waals surface area contributed by atoms with E-state index < -0.39 is 12.6 Å². The van der Waals surface area contributed by atoms with Gasteiger partial charge in [0.1, 0.15) is 5.75 Å². The minimum absolute atomic E-state index is 0.0748. The molecule has 0 N–H and O–H groups in total. The lowest BCUT2D eigenvalue weighted by Crippen LogP contribution is -2.10. The van der Waals surface area contributed by atoms with Gasteiger partial charge in [0, 0.05) is 15.9 Å². The van der Waals surface area contributed by atoms with Crippen LogP contribution in [0, 0.1) is 0 Å². The molecule has 100 valence electrons. The van der Waals surface area contributed by atoms with Crippen LogP contribution in [0.15, 0.2) is 12.1 Å². The second kappa shape index (κ2) is 6.89. The predicted molar refractivity (Wildman–Crippen MR) is 66.4 cm³/mol. The van der Waals surface area contributed by atoms with E-state index in [1.807, 2.05) is 0 Å². The molecule has 0 unspecified atom stereocenters. The van der Waals surface area contributed by atoms with E-state index in [-0.39, 0.29) is 17.7 Å². The van der Waals surface area contributed by atoms with Gasteiger partial charge in [0.2, 0.25) is 0 Å². The first kappa shape index (κ1) is 15.2. The van der Waals surface area contributed by atoms with Crippen molar-refractivity contribution in [1.82, 2.24) is 0 Å². The molecule has 1 rings (SSSR count). The molecule has 7 heteroatoms. The summed E-state index contributed by atoms with van der Waals surface area (Å²) in [7, 11) is 1.21. The van der Waals surface area contributed by atoms with Gasteiger partial charge in [-0.05, 0) is 17.7 Å². The second-order valence-corrected chi connectivity index (χ2v) is 4.28. The molecule has 0 saturated heterocycles. The number of hydrogen-bond acceptors (Lipinski definition) is 3. The Labute approximate surface area is 116 Å². The largest absolute Gasteiger partial charge is 0.469 e. The monoisotopic (exact) mass is 342 g/mol. The highest BCUT2D eigenvalue weighted by Gasteiger charge is 2.16. The van der Waals surface area contributed by atoms with Crippen molar-refractivity contribution in [2.45, 2.75) is 18.4 Å². The van der Waals surface area contributed by atoms with Gasteiger partial charge in [0.25, 0.3) is 0 Å². The third-order valence-electron chi connectivity index (χ3n) is 2.15. The normalized spacial score (nSPS) is 10.6. The lowest BCUT2D eigenvalue weighted by Gasteiger charge is -2.12. The van der Waals surface area contributed by atoms with Crippen molar-refractivity contribution >= 4 is 33.5 Å². The molecule has 0 fully saturated rings. The van der Waals surface area contributed by atoms with Gasteiger partial charge in [-0.2, -0.15) is 8.78 Å². The molecule has 0 aliphatic carbocycles. The molecule has 0 heterocycles. The SMILES string of the molecule is COC(=O)Cc1cc(Cl)c(CBr)cc1OC(F)F. The van der Waals surface area contributed by atoms with Crippen molar-refractivity contribution in [2.75, 3.05) is 7.11 Å². The number of ether oxygens (including phenoxy) is 2. The number of methoxy groups -OCH3 is 1. The summed E-state index contributed by atoms with van der Waals surface area (Å²) in [5.74, 6) is -0.633. The molecule has 1 aromatic carbocycles. The zero-order valence-corrected chi connectivity index (χ0v) is 11.7. The molecular weight excluding hydrogens is 333 g/mol. The van der Waals surface area contributed by atoms with Crippen LogP contribution >= 0.6 is 27.5 Å². The van der Waals surface area contributed by atoms with E-state index in [0.717, 1.165) is 0 Å². The van der Waals surface area contributed by atoms with Crippen LogP contribution in [0.3, 0.4) is 0 Å². The van der Waals surface area contributed by atoms with Crippen LogP contribution in [-0.2, 0) is 21.3 Å². The molecule has 0 aliphatic heterocycles. The van der Waals surface area contributed by atoms with Gasteiger partial charge in [0.05, 0.1) is 13.5 Å². The lowest BCUT2D eigenvalue weighted by atomic mass is 10.1. The summed E-state index contributed by atoms with van der Waals surface area (Å²) >= 11 is 9.12. The number of carbonyl (C=O) groups excluding carboxylic acids is 1. The van der Waals surface area contributed by atoms with Crippen LogP contribution in [0.4, 0.5) is 8.78 Å². The topological polar surface area (TPSA) is 35.5 Å². The Balaban J connectivity index is 3.12. The number of rotatable bonds is 5. The zero-order valence-electron chi connectivity index (χ0n) is 9.38. The highest BCUT2D eigenvalue weighted by atomic mass is 79.9.